The Morgan fingerprint density at radius 2 is 0.704 bits per heavy atom. The third-order valence-corrected chi connectivity index (χ3v) is 13.7. The number of unbranched alkanes of at least 4 members (excludes halogenated alkanes) is 24. The number of quaternary nitrogens is 1. The number of hydrogen-bond acceptors (Lipinski definition) is 8. The highest BCUT2D eigenvalue weighted by Gasteiger charge is 2.22. The van der Waals surface area contributed by atoms with E-state index in [1.165, 1.54) is 116 Å². The number of carbonyl (C=O) groups is 3. The van der Waals surface area contributed by atoms with Crippen molar-refractivity contribution in [1.29, 1.82) is 0 Å². The van der Waals surface area contributed by atoms with E-state index in [0.717, 1.165) is 109 Å². The molecule has 2 unspecified atom stereocenters. The Morgan fingerprint density at radius 3 is 1.05 bits per heavy atom. The van der Waals surface area contributed by atoms with Gasteiger partial charge in [-0.2, -0.15) is 0 Å². The summed E-state index contributed by atoms with van der Waals surface area (Å²) in [6, 6.07) is 0. The highest BCUT2D eigenvalue weighted by Crippen LogP contribution is 2.16. The summed E-state index contributed by atoms with van der Waals surface area (Å²) in [5.41, 5.74) is 0. The number of likely N-dealkylation sites (N-methyl/N-ethyl adjacent to an activating group) is 1. The van der Waals surface area contributed by atoms with E-state index in [1.54, 1.807) is 0 Å². The molecule has 0 amide bonds. The summed E-state index contributed by atoms with van der Waals surface area (Å²) in [7, 11) is 5.92. The molecule has 2 atom stereocenters. The molecule has 0 radical (unpaired) electrons. The van der Waals surface area contributed by atoms with Crippen molar-refractivity contribution in [3.8, 4) is 0 Å². The van der Waals surface area contributed by atoms with Crippen LogP contribution in [-0.4, -0.2) is 82.3 Å². The minimum atomic E-state index is -1.63. The summed E-state index contributed by atoms with van der Waals surface area (Å²) < 4.78 is 22.7. The molecular formula is C72H121NO8. The molecule has 9 heteroatoms. The lowest BCUT2D eigenvalue weighted by molar-refractivity contribution is -0.870. The first-order valence-corrected chi connectivity index (χ1v) is 32.7. The Kier molecular flexibility index (Phi) is 58.5. The number of carbonyl (C=O) groups excluding carboxylic acids is 3. The molecule has 0 N–H and O–H groups in total. The fourth-order valence-corrected chi connectivity index (χ4v) is 8.74. The van der Waals surface area contributed by atoms with Crippen LogP contribution >= 0.6 is 0 Å². The zero-order valence-corrected chi connectivity index (χ0v) is 52.6. The van der Waals surface area contributed by atoms with E-state index >= 15 is 0 Å². The van der Waals surface area contributed by atoms with Crippen molar-refractivity contribution >= 4 is 17.9 Å². The maximum Gasteiger partial charge on any atom is 0.306 e. The molecule has 0 saturated heterocycles. The predicted octanol–water partition coefficient (Wildman–Crippen LogP) is 18.7. The van der Waals surface area contributed by atoms with E-state index in [0.29, 0.717) is 23.9 Å². The van der Waals surface area contributed by atoms with Gasteiger partial charge in [0.1, 0.15) is 13.2 Å². The van der Waals surface area contributed by atoms with Crippen LogP contribution in [-0.2, 0) is 33.3 Å². The number of nitrogens with zero attached hydrogens (tertiary/aromatic N) is 1. The fourth-order valence-electron chi connectivity index (χ4n) is 8.74. The van der Waals surface area contributed by atoms with Crippen molar-refractivity contribution < 1.29 is 42.9 Å². The lowest BCUT2D eigenvalue weighted by atomic mass is 10.0. The van der Waals surface area contributed by atoms with Gasteiger partial charge in [-0.1, -0.05) is 277 Å². The van der Waals surface area contributed by atoms with Crippen LogP contribution in [0, 0.1) is 0 Å². The van der Waals surface area contributed by atoms with Gasteiger partial charge in [0, 0.05) is 12.8 Å². The van der Waals surface area contributed by atoms with Crippen molar-refractivity contribution in [2.24, 2.45) is 0 Å². The number of esters is 2. The molecule has 0 saturated carbocycles. The molecule has 0 aliphatic carbocycles. The smallest absolute Gasteiger partial charge is 0.306 e. The molecule has 0 heterocycles. The molecule has 81 heavy (non-hydrogen) atoms. The van der Waals surface area contributed by atoms with E-state index in [1.807, 2.05) is 21.1 Å². The Bertz CT molecular complexity index is 1740. The second-order valence-electron chi connectivity index (χ2n) is 22.7. The van der Waals surface area contributed by atoms with Crippen LogP contribution in [0.25, 0.3) is 0 Å². The van der Waals surface area contributed by atoms with Crippen LogP contribution in [0.1, 0.15) is 258 Å². The molecule has 0 spiro atoms. The molecule has 0 rings (SSSR count). The SMILES string of the molecule is CC/C=C\C/C=C\C/C=C\C/C=C\C/C=C\C/C=C\C/C=C\C/C=C\C/C=C\C/C=C\CCCCCCCCCCCCC(=O)OC(COC(=O)CCCCCCCCCCCCCCCCC)COC(OCC[N+](C)(C)C)C(=O)[O-]. The van der Waals surface area contributed by atoms with Crippen LogP contribution in [0.3, 0.4) is 0 Å². The predicted molar refractivity (Wildman–Crippen MR) is 343 cm³/mol. The van der Waals surface area contributed by atoms with Crippen LogP contribution in [0.2, 0.25) is 0 Å². The molecule has 0 bridgehead atoms. The van der Waals surface area contributed by atoms with Crippen molar-refractivity contribution in [2.75, 3.05) is 47.5 Å². The summed E-state index contributed by atoms with van der Waals surface area (Å²) in [6.45, 7) is 4.63. The lowest BCUT2D eigenvalue weighted by Gasteiger charge is -2.26. The van der Waals surface area contributed by atoms with Crippen molar-refractivity contribution in [3.05, 3.63) is 122 Å². The normalized spacial score (nSPS) is 13.5. The summed E-state index contributed by atoms with van der Waals surface area (Å²) in [6.07, 6.45) is 84.1. The third-order valence-electron chi connectivity index (χ3n) is 13.7. The minimum Gasteiger partial charge on any atom is -0.545 e. The van der Waals surface area contributed by atoms with Gasteiger partial charge in [-0.25, -0.2) is 0 Å². The maximum atomic E-state index is 12.9. The Balaban J connectivity index is 4.12. The standard InChI is InChI=1S/C72H121NO8/c1-6-8-10-12-14-16-18-20-22-23-24-25-26-27-28-29-30-31-32-33-34-35-36-37-38-39-40-41-42-43-44-45-46-47-49-51-53-55-57-59-61-63-70(75)81-68(67-80-72(71(76)77)78-65-64-73(3,4)5)66-79-69(74)62-60-58-56-54-52-50-48-21-19-17-15-13-11-9-7-2/h8,10,14,16,20,22,24-25,27-28,30-31,33-34,36-37,39-40,42-43,68,72H,6-7,9,11-13,15,17-19,21,23,26,29,32,35,38,41,44-67H2,1-5H3/b10-8-,16-14-,22-20-,25-24-,28-27-,31-30-,34-33-,37-36-,40-39-,43-42-. The number of aliphatic carboxylic acids is 1. The quantitative estimate of drug-likeness (QED) is 0.0195. The molecule has 0 fully saturated rings. The molecule has 0 aliphatic rings. The highest BCUT2D eigenvalue weighted by molar-refractivity contribution is 5.70. The number of rotatable bonds is 59. The van der Waals surface area contributed by atoms with Gasteiger partial charge in [-0.3, -0.25) is 9.59 Å². The summed E-state index contributed by atoms with van der Waals surface area (Å²) in [5.74, 6) is -2.29. The molecule has 9 nitrogen and oxygen atoms in total. The van der Waals surface area contributed by atoms with Crippen molar-refractivity contribution in [1.82, 2.24) is 0 Å². The van der Waals surface area contributed by atoms with E-state index in [9.17, 15) is 19.5 Å². The average Bonchev–Trinajstić information content (AvgIpc) is 3.44. The van der Waals surface area contributed by atoms with E-state index < -0.39 is 24.3 Å². The second-order valence-corrected chi connectivity index (χ2v) is 22.7. The van der Waals surface area contributed by atoms with Gasteiger partial charge >= 0.3 is 11.9 Å². The Labute approximate surface area is 497 Å². The molecule has 0 aromatic heterocycles. The van der Waals surface area contributed by atoms with Gasteiger partial charge < -0.3 is 33.3 Å². The first kappa shape index (κ1) is 76.7. The molecule has 462 valence electrons. The van der Waals surface area contributed by atoms with E-state index in [-0.39, 0.29) is 32.2 Å². The molecule has 0 aromatic carbocycles. The van der Waals surface area contributed by atoms with Crippen molar-refractivity contribution in [2.45, 2.75) is 270 Å². The fraction of sp³-hybridized carbons (Fsp3) is 0.681. The number of carboxylic acids is 1. The van der Waals surface area contributed by atoms with E-state index in [2.05, 4.69) is 135 Å². The molecular weight excluding hydrogens is 1010 g/mol. The van der Waals surface area contributed by atoms with Crippen LogP contribution < -0.4 is 5.11 Å². The lowest BCUT2D eigenvalue weighted by Crippen LogP contribution is -2.44. The van der Waals surface area contributed by atoms with Gasteiger partial charge in [0.2, 0.25) is 0 Å². The first-order valence-electron chi connectivity index (χ1n) is 32.7. The molecule has 0 aromatic rings. The van der Waals surface area contributed by atoms with E-state index in [4.69, 9.17) is 18.9 Å². The monoisotopic (exact) mass is 1130 g/mol. The summed E-state index contributed by atoms with van der Waals surface area (Å²) in [4.78, 5) is 37.3. The average molecular weight is 1130 g/mol. The molecule has 0 aliphatic heterocycles. The largest absolute Gasteiger partial charge is 0.545 e. The minimum absolute atomic E-state index is 0.143. The Morgan fingerprint density at radius 1 is 0.383 bits per heavy atom. The van der Waals surface area contributed by atoms with Crippen molar-refractivity contribution in [3.63, 3.8) is 0 Å². The van der Waals surface area contributed by atoms with Gasteiger partial charge in [0.05, 0.1) is 40.3 Å². The zero-order chi connectivity index (χ0) is 59.1. The Hall–Kier alpha value is -4.31. The van der Waals surface area contributed by atoms with Gasteiger partial charge in [0.25, 0.3) is 0 Å². The zero-order valence-electron chi connectivity index (χ0n) is 52.6. The van der Waals surface area contributed by atoms with Crippen LogP contribution in [0.15, 0.2) is 122 Å². The van der Waals surface area contributed by atoms with Gasteiger partial charge in [0.15, 0.2) is 12.4 Å². The maximum absolute atomic E-state index is 12.9. The van der Waals surface area contributed by atoms with Gasteiger partial charge in [-0.15, -0.1) is 0 Å². The third kappa shape index (κ3) is 63.1. The highest BCUT2D eigenvalue weighted by atomic mass is 16.7. The first-order chi connectivity index (χ1) is 39.6. The van der Waals surface area contributed by atoms with Gasteiger partial charge in [-0.05, 0) is 89.9 Å². The van der Waals surface area contributed by atoms with Crippen LogP contribution in [0.4, 0.5) is 0 Å². The number of hydrogen-bond donors (Lipinski definition) is 0. The summed E-state index contributed by atoms with van der Waals surface area (Å²) in [5, 5.41) is 11.8. The summed E-state index contributed by atoms with van der Waals surface area (Å²) >= 11 is 0. The van der Waals surface area contributed by atoms with Crippen LogP contribution in [0.5, 0.6) is 0 Å². The topological polar surface area (TPSA) is 111 Å². The number of carboxylic acid groups (broad SMARTS) is 1. The number of ether oxygens (including phenoxy) is 4. The second kappa shape index (κ2) is 61.8. The number of allylic oxidation sites excluding steroid dienone is 20.